The molecular weight excluding hydrogens is 298 g/mol. The quantitative estimate of drug-likeness (QED) is 0.913. The van der Waals surface area contributed by atoms with Crippen LogP contribution in [0.15, 0.2) is 12.4 Å². The van der Waals surface area contributed by atoms with Crippen molar-refractivity contribution in [3.05, 3.63) is 33.5 Å². The van der Waals surface area contributed by atoms with Gasteiger partial charge in [0.05, 0.1) is 12.6 Å². The Morgan fingerprint density at radius 3 is 3.05 bits per heavy atom. The minimum absolute atomic E-state index is 0.00283. The van der Waals surface area contributed by atoms with Gasteiger partial charge in [0.15, 0.2) is 0 Å². The Balaban J connectivity index is 1.64. The lowest BCUT2D eigenvalue weighted by atomic mass is 10.0. The van der Waals surface area contributed by atoms with Crippen molar-refractivity contribution in [3.8, 4) is 0 Å². The van der Waals surface area contributed by atoms with Crippen LogP contribution in [0.4, 0.5) is 4.79 Å². The van der Waals surface area contributed by atoms with Gasteiger partial charge in [-0.2, -0.15) is 5.10 Å². The molecule has 22 heavy (non-hydrogen) atoms. The molecule has 1 aliphatic rings. The summed E-state index contributed by atoms with van der Waals surface area (Å²) in [6.45, 7) is 5.55. The molecule has 6 nitrogen and oxygen atoms in total. The van der Waals surface area contributed by atoms with Crippen LogP contribution in [0, 0.1) is 13.8 Å². The van der Waals surface area contributed by atoms with Crippen LogP contribution < -0.4 is 5.32 Å². The van der Waals surface area contributed by atoms with E-state index in [0.29, 0.717) is 6.54 Å². The topological polar surface area (TPSA) is 73.9 Å². The van der Waals surface area contributed by atoms with Crippen LogP contribution in [-0.4, -0.2) is 32.7 Å². The summed E-state index contributed by atoms with van der Waals surface area (Å²) >= 11 is 1.74. The highest BCUT2D eigenvalue weighted by atomic mass is 32.1. The maximum absolute atomic E-state index is 12.5. The van der Waals surface area contributed by atoms with E-state index in [1.54, 1.807) is 11.3 Å². The molecule has 118 valence electrons. The number of urea groups is 1. The molecule has 2 aromatic rings. The third kappa shape index (κ3) is 3.14. The Morgan fingerprint density at radius 1 is 1.50 bits per heavy atom. The van der Waals surface area contributed by atoms with E-state index in [2.05, 4.69) is 40.4 Å². The van der Waals surface area contributed by atoms with Crippen LogP contribution in [0.25, 0.3) is 0 Å². The summed E-state index contributed by atoms with van der Waals surface area (Å²) in [7, 11) is 0. The number of amides is 2. The summed E-state index contributed by atoms with van der Waals surface area (Å²) in [6.07, 6.45) is 4.57. The number of nitrogens with one attached hydrogen (secondary N) is 2. The number of aromatic amines is 1. The zero-order chi connectivity index (χ0) is 15.5. The van der Waals surface area contributed by atoms with Gasteiger partial charge in [-0.15, -0.1) is 11.3 Å². The van der Waals surface area contributed by atoms with E-state index in [1.165, 1.54) is 21.6 Å². The van der Waals surface area contributed by atoms with Crippen LogP contribution in [0.2, 0.25) is 0 Å². The molecule has 2 aromatic heterocycles. The van der Waals surface area contributed by atoms with Crippen molar-refractivity contribution in [1.82, 2.24) is 25.4 Å². The second-order valence-electron chi connectivity index (χ2n) is 5.69. The summed E-state index contributed by atoms with van der Waals surface area (Å²) in [5, 5.41) is 9.84. The van der Waals surface area contributed by atoms with Gasteiger partial charge in [0, 0.05) is 16.3 Å². The van der Waals surface area contributed by atoms with Crippen molar-refractivity contribution < 1.29 is 4.79 Å². The van der Waals surface area contributed by atoms with Gasteiger partial charge < -0.3 is 10.2 Å². The van der Waals surface area contributed by atoms with Crippen LogP contribution in [0.5, 0.6) is 0 Å². The zero-order valence-electron chi connectivity index (χ0n) is 12.9. The van der Waals surface area contributed by atoms with Crippen molar-refractivity contribution >= 4 is 17.4 Å². The van der Waals surface area contributed by atoms with Crippen molar-refractivity contribution in [3.63, 3.8) is 0 Å². The smallest absolute Gasteiger partial charge is 0.318 e. The second kappa shape index (κ2) is 6.48. The summed E-state index contributed by atoms with van der Waals surface area (Å²) in [4.78, 5) is 21.1. The average Bonchev–Trinajstić information content (AvgIpc) is 3.16. The summed E-state index contributed by atoms with van der Waals surface area (Å²) in [5.41, 5.74) is 1.28. The number of piperidine rings is 1. The first-order valence-corrected chi connectivity index (χ1v) is 8.42. The Hall–Kier alpha value is -1.89. The molecule has 1 fully saturated rings. The number of nitrogens with zero attached hydrogens (tertiary/aromatic N) is 3. The molecule has 3 heterocycles. The number of hydrogen-bond donors (Lipinski definition) is 2. The first-order chi connectivity index (χ1) is 10.6. The lowest BCUT2D eigenvalue weighted by molar-refractivity contribution is 0.147. The molecule has 1 unspecified atom stereocenters. The molecule has 2 amide bonds. The van der Waals surface area contributed by atoms with Gasteiger partial charge in [-0.1, -0.05) is 0 Å². The summed E-state index contributed by atoms with van der Waals surface area (Å²) < 4.78 is 0. The Bertz CT molecular complexity index is 617. The Kier molecular flexibility index (Phi) is 4.42. The van der Waals surface area contributed by atoms with Crippen molar-refractivity contribution in [1.29, 1.82) is 0 Å². The molecule has 0 saturated carbocycles. The maximum Gasteiger partial charge on any atom is 0.318 e. The van der Waals surface area contributed by atoms with E-state index in [9.17, 15) is 4.79 Å². The molecule has 0 spiro atoms. The number of carbonyl (C=O) groups is 1. The maximum atomic E-state index is 12.5. The number of likely N-dealkylation sites (tertiary alicyclic amines) is 1. The molecule has 0 bridgehead atoms. The third-order valence-electron chi connectivity index (χ3n) is 4.14. The number of rotatable bonds is 3. The molecule has 1 atom stereocenters. The van der Waals surface area contributed by atoms with E-state index < -0.39 is 0 Å². The Morgan fingerprint density at radius 2 is 2.36 bits per heavy atom. The van der Waals surface area contributed by atoms with Crippen LogP contribution in [-0.2, 0) is 6.54 Å². The van der Waals surface area contributed by atoms with Gasteiger partial charge in [-0.25, -0.2) is 9.78 Å². The number of aryl methyl sites for hydroxylation is 2. The molecule has 1 aliphatic heterocycles. The van der Waals surface area contributed by atoms with E-state index in [4.69, 9.17) is 0 Å². The summed E-state index contributed by atoms with van der Waals surface area (Å²) in [6, 6.07) is 2.12. The largest absolute Gasteiger partial charge is 0.333 e. The van der Waals surface area contributed by atoms with E-state index in [0.717, 1.165) is 31.6 Å². The lowest BCUT2D eigenvalue weighted by Gasteiger charge is -2.34. The molecule has 7 heteroatoms. The predicted molar refractivity (Wildman–Crippen MR) is 85.7 cm³/mol. The van der Waals surface area contributed by atoms with E-state index in [1.807, 2.05) is 4.90 Å². The molecule has 3 rings (SSSR count). The first-order valence-electron chi connectivity index (χ1n) is 7.61. The minimum atomic E-state index is -0.0233. The SMILES string of the molecule is Cc1cc(CNC(=O)N2CCCCC2c2ncn[nH]2)sc1C. The highest BCUT2D eigenvalue weighted by Crippen LogP contribution is 2.28. The van der Waals surface area contributed by atoms with Crippen LogP contribution in [0.1, 0.15) is 46.4 Å². The number of H-pyrrole nitrogens is 1. The molecule has 0 aliphatic carbocycles. The number of aromatic nitrogens is 3. The fourth-order valence-corrected chi connectivity index (χ4v) is 3.83. The van der Waals surface area contributed by atoms with Gasteiger partial charge in [-0.3, -0.25) is 5.10 Å². The van der Waals surface area contributed by atoms with Crippen LogP contribution in [0.3, 0.4) is 0 Å². The second-order valence-corrected chi connectivity index (χ2v) is 7.03. The van der Waals surface area contributed by atoms with Crippen LogP contribution >= 0.6 is 11.3 Å². The highest BCUT2D eigenvalue weighted by molar-refractivity contribution is 7.12. The number of carbonyl (C=O) groups excluding carboxylic acids is 1. The van der Waals surface area contributed by atoms with Gasteiger partial charge in [0.2, 0.25) is 0 Å². The normalized spacial score (nSPS) is 18.5. The average molecular weight is 319 g/mol. The van der Waals surface area contributed by atoms with Crippen molar-refractivity contribution in [2.45, 2.75) is 45.7 Å². The van der Waals surface area contributed by atoms with Crippen molar-refractivity contribution in [2.75, 3.05) is 6.54 Å². The van der Waals surface area contributed by atoms with Gasteiger partial charge >= 0.3 is 6.03 Å². The molecule has 0 aromatic carbocycles. The number of thiophene rings is 1. The standard InChI is InChI=1S/C15H21N5OS/c1-10-7-12(22-11(10)2)8-16-15(21)20-6-4-3-5-13(20)14-17-9-18-19-14/h7,9,13H,3-6,8H2,1-2H3,(H,16,21)(H,17,18,19). The molecule has 0 radical (unpaired) electrons. The third-order valence-corrected chi connectivity index (χ3v) is 5.30. The first kappa shape index (κ1) is 15.0. The number of hydrogen-bond acceptors (Lipinski definition) is 4. The fraction of sp³-hybridized carbons (Fsp3) is 0.533. The van der Waals surface area contributed by atoms with E-state index >= 15 is 0 Å². The Labute approximate surface area is 133 Å². The van der Waals surface area contributed by atoms with E-state index in [-0.39, 0.29) is 12.1 Å². The fourth-order valence-electron chi connectivity index (χ4n) is 2.84. The monoisotopic (exact) mass is 319 g/mol. The lowest BCUT2D eigenvalue weighted by Crippen LogP contribution is -2.44. The molecule has 2 N–H and O–H groups in total. The highest BCUT2D eigenvalue weighted by Gasteiger charge is 2.29. The summed E-state index contributed by atoms with van der Waals surface area (Å²) in [5.74, 6) is 0.776. The minimum Gasteiger partial charge on any atom is -0.333 e. The van der Waals surface area contributed by atoms with Gasteiger partial charge in [-0.05, 0) is 44.7 Å². The predicted octanol–water partition coefficient (Wildman–Crippen LogP) is 2.92. The van der Waals surface area contributed by atoms with Gasteiger partial charge in [0.1, 0.15) is 12.2 Å². The van der Waals surface area contributed by atoms with Gasteiger partial charge in [0.25, 0.3) is 0 Å². The molecular formula is C15H21N5OS. The van der Waals surface area contributed by atoms with Crippen molar-refractivity contribution in [2.24, 2.45) is 0 Å². The molecule has 1 saturated heterocycles. The zero-order valence-corrected chi connectivity index (χ0v) is 13.7.